The number of likely N-dealkylation sites (N-methyl/N-ethyl adjacent to an activating group) is 1. The average molecular weight is 537 g/mol. The predicted octanol–water partition coefficient (Wildman–Crippen LogP) is 3.64. The van der Waals surface area contributed by atoms with Gasteiger partial charge in [0.05, 0.1) is 24.5 Å². The summed E-state index contributed by atoms with van der Waals surface area (Å²) in [6.45, 7) is 4.58. The highest BCUT2D eigenvalue weighted by Crippen LogP contribution is 2.38. The van der Waals surface area contributed by atoms with Crippen LogP contribution in [-0.4, -0.2) is 86.0 Å². The SMILES string of the molecule is CN1CCN(C(=O)CN2CCC3(CCCCc4ccccc4OCCNC3=O)CC2)CC1c1ccccc1F. The van der Waals surface area contributed by atoms with E-state index < -0.39 is 0 Å². The van der Waals surface area contributed by atoms with Crippen LogP contribution in [0, 0.1) is 11.2 Å². The van der Waals surface area contributed by atoms with Gasteiger partial charge in [-0.25, -0.2) is 4.39 Å². The Morgan fingerprint density at radius 3 is 2.62 bits per heavy atom. The van der Waals surface area contributed by atoms with Crippen LogP contribution in [0.3, 0.4) is 0 Å². The first-order valence-corrected chi connectivity index (χ1v) is 14.4. The lowest BCUT2D eigenvalue weighted by Gasteiger charge is -2.43. The summed E-state index contributed by atoms with van der Waals surface area (Å²) in [5, 5.41) is 3.14. The van der Waals surface area contributed by atoms with E-state index in [0.717, 1.165) is 57.4 Å². The second kappa shape index (κ2) is 12.5. The summed E-state index contributed by atoms with van der Waals surface area (Å²) in [5.74, 6) is 0.897. The van der Waals surface area contributed by atoms with Crippen LogP contribution in [0.25, 0.3) is 0 Å². The van der Waals surface area contributed by atoms with Crippen molar-refractivity contribution in [2.75, 3.05) is 59.5 Å². The Morgan fingerprint density at radius 1 is 1.03 bits per heavy atom. The van der Waals surface area contributed by atoms with Gasteiger partial charge in [-0.15, -0.1) is 0 Å². The number of amides is 2. The molecule has 2 amide bonds. The van der Waals surface area contributed by atoms with Crippen LogP contribution < -0.4 is 10.1 Å². The summed E-state index contributed by atoms with van der Waals surface area (Å²) in [7, 11) is 1.99. The maximum atomic E-state index is 14.5. The van der Waals surface area contributed by atoms with E-state index in [2.05, 4.69) is 27.2 Å². The van der Waals surface area contributed by atoms with Crippen LogP contribution in [0.1, 0.15) is 49.3 Å². The fourth-order valence-electron chi connectivity index (χ4n) is 6.35. The Bertz CT molecular complexity index is 1150. The quantitative estimate of drug-likeness (QED) is 0.649. The lowest BCUT2D eigenvalue weighted by Crippen LogP contribution is -2.54. The molecule has 2 saturated heterocycles. The third kappa shape index (κ3) is 6.44. The first-order valence-electron chi connectivity index (χ1n) is 14.4. The molecule has 0 saturated carbocycles. The molecule has 2 aromatic rings. The highest BCUT2D eigenvalue weighted by molar-refractivity contribution is 5.83. The maximum Gasteiger partial charge on any atom is 0.236 e. The molecule has 0 aliphatic carbocycles. The highest BCUT2D eigenvalue weighted by atomic mass is 19.1. The fraction of sp³-hybridized carbons (Fsp3) is 0.548. The summed E-state index contributed by atoms with van der Waals surface area (Å²) in [4.78, 5) is 32.9. The summed E-state index contributed by atoms with van der Waals surface area (Å²) >= 11 is 0. The second-order valence-corrected chi connectivity index (χ2v) is 11.3. The van der Waals surface area contributed by atoms with Gasteiger partial charge in [0.15, 0.2) is 0 Å². The molecule has 1 unspecified atom stereocenters. The minimum atomic E-state index is -0.387. The van der Waals surface area contributed by atoms with Crippen LogP contribution in [0.4, 0.5) is 4.39 Å². The third-order valence-corrected chi connectivity index (χ3v) is 8.89. The molecule has 7 nitrogen and oxygen atoms in total. The molecule has 8 heteroatoms. The number of halogens is 1. The summed E-state index contributed by atoms with van der Waals surface area (Å²) in [6, 6.07) is 14.9. The number of para-hydroxylation sites is 1. The van der Waals surface area contributed by atoms with Crippen LogP contribution in [-0.2, 0) is 16.0 Å². The van der Waals surface area contributed by atoms with Gasteiger partial charge in [0, 0.05) is 25.2 Å². The molecule has 1 spiro atoms. The molecule has 0 bridgehead atoms. The van der Waals surface area contributed by atoms with Gasteiger partial charge in [-0.05, 0) is 69.9 Å². The van der Waals surface area contributed by atoms with Crippen LogP contribution in [0.5, 0.6) is 5.75 Å². The smallest absolute Gasteiger partial charge is 0.236 e. The van der Waals surface area contributed by atoms with Gasteiger partial charge in [0.25, 0.3) is 0 Å². The van der Waals surface area contributed by atoms with Gasteiger partial charge < -0.3 is 15.0 Å². The largest absolute Gasteiger partial charge is 0.491 e. The van der Waals surface area contributed by atoms with Crippen molar-refractivity contribution in [3.05, 3.63) is 65.5 Å². The van der Waals surface area contributed by atoms with E-state index in [-0.39, 0.29) is 29.1 Å². The first-order chi connectivity index (χ1) is 18.9. The number of hydrogen-bond acceptors (Lipinski definition) is 5. The van der Waals surface area contributed by atoms with Crippen molar-refractivity contribution in [1.82, 2.24) is 20.0 Å². The maximum absolute atomic E-state index is 14.5. The number of piperazine rings is 1. The summed E-state index contributed by atoms with van der Waals surface area (Å²) in [6.07, 6.45) is 5.33. The van der Waals surface area contributed by atoms with Crippen molar-refractivity contribution in [2.45, 2.75) is 44.6 Å². The number of ether oxygens (including phenoxy) is 1. The highest BCUT2D eigenvalue weighted by Gasteiger charge is 2.41. The van der Waals surface area contributed by atoms with Crippen LogP contribution in [0.15, 0.2) is 48.5 Å². The van der Waals surface area contributed by atoms with Gasteiger partial charge in [-0.3, -0.25) is 19.4 Å². The molecular weight excluding hydrogens is 495 g/mol. The van der Waals surface area contributed by atoms with Crippen LogP contribution >= 0.6 is 0 Å². The average Bonchev–Trinajstić information content (AvgIpc) is 2.95. The normalized spacial score (nSPS) is 23.2. The number of fused-ring (bicyclic) bond motifs is 1. The van der Waals surface area contributed by atoms with Crippen molar-refractivity contribution in [2.24, 2.45) is 5.41 Å². The zero-order chi connectivity index (χ0) is 27.2. The lowest BCUT2D eigenvalue weighted by atomic mass is 9.73. The lowest BCUT2D eigenvalue weighted by molar-refractivity contribution is -0.138. The zero-order valence-corrected chi connectivity index (χ0v) is 23.0. The number of nitrogens with one attached hydrogen (secondary N) is 1. The van der Waals surface area contributed by atoms with Crippen molar-refractivity contribution in [3.8, 4) is 5.75 Å². The molecule has 2 fully saturated rings. The Kier molecular flexibility index (Phi) is 8.82. The molecule has 5 rings (SSSR count). The number of carbonyl (C=O) groups excluding carboxylic acids is 2. The number of piperidine rings is 1. The zero-order valence-electron chi connectivity index (χ0n) is 23.0. The van der Waals surface area contributed by atoms with E-state index in [9.17, 15) is 14.0 Å². The molecule has 0 radical (unpaired) electrons. The van der Waals surface area contributed by atoms with Crippen molar-refractivity contribution >= 4 is 11.8 Å². The van der Waals surface area contributed by atoms with Crippen LogP contribution in [0.2, 0.25) is 0 Å². The van der Waals surface area contributed by atoms with E-state index in [1.54, 1.807) is 6.07 Å². The van der Waals surface area contributed by atoms with Gasteiger partial charge in [0.1, 0.15) is 18.2 Å². The summed E-state index contributed by atoms with van der Waals surface area (Å²) < 4.78 is 20.4. The molecule has 1 atom stereocenters. The minimum Gasteiger partial charge on any atom is -0.491 e. The van der Waals surface area contributed by atoms with Crippen molar-refractivity contribution in [3.63, 3.8) is 0 Å². The van der Waals surface area contributed by atoms with E-state index in [1.807, 2.05) is 36.2 Å². The molecule has 210 valence electrons. The van der Waals surface area contributed by atoms with Gasteiger partial charge in [-0.1, -0.05) is 42.8 Å². The number of nitrogens with zero attached hydrogens (tertiary/aromatic N) is 3. The van der Waals surface area contributed by atoms with E-state index in [0.29, 0.717) is 44.9 Å². The predicted molar refractivity (Wildman–Crippen MR) is 149 cm³/mol. The standard InChI is InChI=1S/C31H41FN4O3/c1-34-19-20-36(22-27(34)25-10-3-4-11-26(25)32)29(37)23-35-17-14-31(15-18-35)13-7-6-9-24-8-2-5-12-28(24)39-21-16-33-30(31)38/h2-5,8,10-12,27H,6-7,9,13-23H2,1H3,(H,33,38). The molecular formula is C31H41FN4O3. The number of benzene rings is 2. The molecule has 0 aromatic heterocycles. The van der Waals surface area contributed by atoms with Gasteiger partial charge >= 0.3 is 0 Å². The number of hydrogen-bond donors (Lipinski definition) is 1. The minimum absolute atomic E-state index is 0.0827. The molecule has 3 aliphatic heterocycles. The molecule has 3 aliphatic rings. The third-order valence-electron chi connectivity index (χ3n) is 8.89. The fourth-order valence-corrected chi connectivity index (χ4v) is 6.35. The number of aryl methyl sites for hydroxylation is 1. The van der Waals surface area contributed by atoms with E-state index in [1.165, 1.54) is 11.6 Å². The number of carbonyl (C=O) groups is 2. The Balaban J connectivity index is 1.16. The van der Waals surface area contributed by atoms with Crippen molar-refractivity contribution in [1.29, 1.82) is 0 Å². The van der Waals surface area contributed by atoms with Gasteiger partial charge in [0.2, 0.25) is 11.8 Å². The molecule has 1 N–H and O–H groups in total. The number of likely N-dealkylation sites (tertiary alicyclic amines) is 1. The molecule has 3 heterocycles. The molecule has 2 aromatic carbocycles. The van der Waals surface area contributed by atoms with E-state index >= 15 is 0 Å². The second-order valence-electron chi connectivity index (χ2n) is 11.3. The number of rotatable bonds is 3. The summed E-state index contributed by atoms with van der Waals surface area (Å²) in [5.41, 5.74) is 1.48. The Labute approximate surface area is 231 Å². The topological polar surface area (TPSA) is 65.1 Å². The first kappa shape index (κ1) is 27.6. The Hall–Kier alpha value is -2.97. The van der Waals surface area contributed by atoms with Gasteiger partial charge in [-0.2, -0.15) is 0 Å². The molecule has 39 heavy (non-hydrogen) atoms. The van der Waals surface area contributed by atoms with E-state index in [4.69, 9.17) is 4.74 Å². The Morgan fingerprint density at radius 2 is 1.79 bits per heavy atom. The monoisotopic (exact) mass is 536 g/mol. The van der Waals surface area contributed by atoms with Crippen molar-refractivity contribution < 1.29 is 18.7 Å².